The molecule has 1 aliphatic heterocycles. The number of hydrogen-bond acceptors (Lipinski definition) is 4. The Labute approximate surface area is 149 Å². The highest BCUT2D eigenvalue weighted by Gasteiger charge is 2.15. The molecule has 6 heteroatoms. The molecule has 6 nitrogen and oxygen atoms in total. The predicted octanol–water partition coefficient (Wildman–Crippen LogP) is 2.66. The van der Waals surface area contributed by atoms with Crippen LogP contribution in [0.2, 0.25) is 0 Å². The second kappa shape index (κ2) is 9.53. The van der Waals surface area contributed by atoms with Gasteiger partial charge in [0.2, 0.25) is 5.91 Å². The van der Waals surface area contributed by atoms with E-state index >= 15 is 0 Å². The fourth-order valence-corrected chi connectivity index (χ4v) is 2.66. The van der Waals surface area contributed by atoms with Gasteiger partial charge in [0.25, 0.3) is 5.91 Å². The van der Waals surface area contributed by atoms with Gasteiger partial charge in [0.15, 0.2) is 0 Å². The lowest BCUT2D eigenvalue weighted by molar-refractivity contribution is -0.117. The van der Waals surface area contributed by atoms with E-state index < -0.39 is 0 Å². The van der Waals surface area contributed by atoms with Gasteiger partial charge in [-0.25, -0.2) is 0 Å². The van der Waals surface area contributed by atoms with Crippen LogP contribution >= 0.6 is 0 Å². The number of rotatable bonds is 8. The number of carbonyl (C=O) groups excluding carboxylic acids is 2. The minimum Gasteiger partial charge on any atom is -0.378 e. The van der Waals surface area contributed by atoms with Crippen molar-refractivity contribution < 1.29 is 19.1 Å². The van der Waals surface area contributed by atoms with Crippen molar-refractivity contribution in [1.82, 2.24) is 5.32 Å². The highest BCUT2D eigenvalue weighted by atomic mass is 16.5. The van der Waals surface area contributed by atoms with Gasteiger partial charge in [0.05, 0.1) is 25.7 Å². The van der Waals surface area contributed by atoms with Gasteiger partial charge in [-0.3, -0.25) is 9.59 Å². The van der Waals surface area contributed by atoms with Crippen molar-refractivity contribution in [3.63, 3.8) is 0 Å². The molecule has 0 radical (unpaired) electrons. The molecule has 0 bridgehead atoms. The van der Waals surface area contributed by atoms with Crippen LogP contribution in [0.4, 0.5) is 5.69 Å². The Hall–Kier alpha value is -1.92. The SMILES string of the molecule is Cc1cc(C(=O)NC(C)C)ccc1NC(=O)CCOCC1CCCO1. The van der Waals surface area contributed by atoms with Crippen LogP contribution in [-0.2, 0) is 14.3 Å². The van der Waals surface area contributed by atoms with Gasteiger partial charge in [0, 0.05) is 23.9 Å². The molecule has 1 aliphatic rings. The van der Waals surface area contributed by atoms with E-state index in [-0.39, 0.29) is 24.0 Å². The number of carbonyl (C=O) groups is 2. The molecule has 1 heterocycles. The van der Waals surface area contributed by atoms with Crippen LogP contribution in [0, 0.1) is 6.92 Å². The average Bonchev–Trinajstić information content (AvgIpc) is 3.06. The molecule has 1 unspecified atom stereocenters. The van der Waals surface area contributed by atoms with Crippen molar-refractivity contribution in [3.8, 4) is 0 Å². The summed E-state index contributed by atoms with van der Waals surface area (Å²) in [4.78, 5) is 24.0. The normalized spacial score (nSPS) is 16.9. The molecular formula is C19H28N2O4. The summed E-state index contributed by atoms with van der Waals surface area (Å²) in [6.07, 6.45) is 2.58. The van der Waals surface area contributed by atoms with Gasteiger partial charge in [-0.1, -0.05) is 0 Å². The Kier molecular flexibility index (Phi) is 7.40. The summed E-state index contributed by atoms with van der Waals surface area (Å²) in [5.41, 5.74) is 2.15. The van der Waals surface area contributed by atoms with E-state index in [1.165, 1.54) is 0 Å². The average molecular weight is 348 g/mol. The maximum absolute atomic E-state index is 12.0. The molecule has 0 saturated carbocycles. The zero-order valence-corrected chi connectivity index (χ0v) is 15.3. The Bertz CT molecular complexity index is 595. The van der Waals surface area contributed by atoms with Crippen LogP contribution in [0.5, 0.6) is 0 Å². The van der Waals surface area contributed by atoms with E-state index in [0.29, 0.717) is 30.9 Å². The van der Waals surface area contributed by atoms with Crippen molar-refractivity contribution >= 4 is 17.5 Å². The molecule has 1 aromatic rings. The molecule has 1 aromatic carbocycles. The van der Waals surface area contributed by atoms with E-state index in [1.54, 1.807) is 18.2 Å². The topological polar surface area (TPSA) is 76.7 Å². The lowest BCUT2D eigenvalue weighted by Crippen LogP contribution is -2.30. The van der Waals surface area contributed by atoms with Gasteiger partial charge >= 0.3 is 0 Å². The molecule has 2 N–H and O–H groups in total. The van der Waals surface area contributed by atoms with Crippen molar-refractivity contribution in [2.45, 2.75) is 52.2 Å². The minimum absolute atomic E-state index is 0.0850. The van der Waals surface area contributed by atoms with E-state index in [4.69, 9.17) is 9.47 Å². The third-order valence-electron chi connectivity index (χ3n) is 3.98. The molecule has 1 saturated heterocycles. The monoisotopic (exact) mass is 348 g/mol. The van der Waals surface area contributed by atoms with E-state index in [9.17, 15) is 9.59 Å². The Morgan fingerprint density at radius 1 is 1.36 bits per heavy atom. The van der Waals surface area contributed by atoms with E-state index in [1.807, 2.05) is 20.8 Å². The lowest BCUT2D eigenvalue weighted by atomic mass is 10.1. The van der Waals surface area contributed by atoms with Crippen LogP contribution < -0.4 is 10.6 Å². The standard InChI is InChI=1S/C19H28N2O4/c1-13(2)20-19(23)15-6-7-17(14(3)11-15)21-18(22)8-10-24-12-16-5-4-9-25-16/h6-7,11,13,16H,4-5,8-10,12H2,1-3H3,(H,20,23)(H,21,22). The Morgan fingerprint density at radius 3 is 2.80 bits per heavy atom. The summed E-state index contributed by atoms with van der Waals surface area (Å²) in [5.74, 6) is -0.215. The van der Waals surface area contributed by atoms with Crippen molar-refractivity contribution in [2.75, 3.05) is 25.1 Å². The van der Waals surface area contributed by atoms with Gasteiger partial charge in [0.1, 0.15) is 0 Å². The Morgan fingerprint density at radius 2 is 2.16 bits per heavy atom. The number of nitrogens with one attached hydrogen (secondary N) is 2. The van der Waals surface area contributed by atoms with Crippen LogP contribution in [-0.4, -0.2) is 43.8 Å². The number of benzene rings is 1. The summed E-state index contributed by atoms with van der Waals surface area (Å²) in [7, 11) is 0. The molecule has 138 valence electrons. The number of ether oxygens (including phenoxy) is 2. The molecule has 1 atom stereocenters. The molecule has 0 spiro atoms. The third kappa shape index (κ3) is 6.48. The van der Waals surface area contributed by atoms with Crippen LogP contribution in [0.1, 0.15) is 49.0 Å². The van der Waals surface area contributed by atoms with Crippen LogP contribution in [0.3, 0.4) is 0 Å². The molecular weight excluding hydrogens is 320 g/mol. The highest BCUT2D eigenvalue weighted by molar-refractivity contribution is 5.96. The summed E-state index contributed by atoms with van der Waals surface area (Å²) >= 11 is 0. The van der Waals surface area contributed by atoms with Crippen LogP contribution in [0.15, 0.2) is 18.2 Å². The summed E-state index contributed by atoms with van der Waals surface area (Å²) in [5, 5.41) is 5.71. The van der Waals surface area contributed by atoms with E-state index in [0.717, 1.165) is 25.0 Å². The first-order chi connectivity index (χ1) is 12.0. The number of amides is 2. The summed E-state index contributed by atoms with van der Waals surface area (Å²) in [6, 6.07) is 5.34. The second-order valence-corrected chi connectivity index (χ2v) is 6.67. The number of anilines is 1. The zero-order chi connectivity index (χ0) is 18.2. The first-order valence-electron chi connectivity index (χ1n) is 8.86. The molecule has 2 amide bonds. The third-order valence-corrected chi connectivity index (χ3v) is 3.98. The number of aryl methyl sites for hydroxylation is 1. The van der Waals surface area contributed by atoms with Crippen molar-refractivity contribution in [3.05, 3.63) is 29.3 Å². The maximum Gasteiger partial charge on any atom is 0.251 e. The first-order valence-corrected chi connectivity index (χ1v) is 8.86. The minimum atomic E-state index is -0.112. The predicted molar refractivity (Wildman–Crippen MR) is 96.8 cm³/mol. The van der Waals surface area contributed by atoms with E-state index in [2.05, 4.69) is 10.6 Å². The fourth-order valence-electron chi connectivity index (χ4n) is 2.66. The molecule has 0 aliphatic carbocycles. The maximum atomic E-state index is 12.0. The quantitative estimate of drug-likeness (QED) is 0.708. The summed E-state index contributed by atoms with van der Waals surface area (Å²) in [6.45, 7) is 7.43. The zero-order valence-electron chi connectivity index (χ0n) is 15.3. The second-order valence-electron chi connectivity index (χ2n) is 6.67. The molecule has 2 rings (SSSR count). The van der Waals surface area contributed by atoms with Crippen molar-refractivity contribution in [1.29, 1.82) is 0 Å². The highest BCUT2D eigenvalue weighted by Crippen LogP contribution is 2.17. The van der Waals surface area contributed by atoms with Crippen LogP contribution in [0.25, 0.3) is 0 Å². The molecule has 1 fully saturated rings. The first kappa shape index (κ1) is 19.4. The van der Waals surface area contributed by atoms with Gasteiger partial charge < -0.3 is 20.1 Å². The molecule has 0 aromatic heterocycles. The largest absolute Gasteiger partial charge is 0.378 e. The smallest absolute Gasteiger partial charge is 0.251 e. The lowest BCUT2D eigenvalue weighted by Gasteiger charge is -2.13. The van der Waals surface area contributed by atoms with Gasteiger partial charge in [-0.2, -0.15) is 0 Å². The molecule has 25 heavy (non-hydrogen) atoms. The fraction of sp³-hybridized carbons (Fsp3) is 0.579. The number of hydrogen-bond donors (Lipinski definition) is 2. The summed E-state index contributed by atoms with van der Waals surface area (Å²) < 4.78 is 11.0. The Balaban J connectivity index is 1.76. The van der Waals surface area contributed by atoms with Gasteiger partial charge in [-0.05, 0) is 57.4 Å². The van der Waals surface area contributed by atoms with Gasteiger partial charge in [-0.15, -0.1) is 0 Å². The van der Waals surface area contributed by atoms with Crippen molar-refractivity contribution in [2.24, 2.45) is 0 Å².